The number of hydrogen-bond acceptors (Lipinski definition) is 2. The van der Waals surface area contributed by atoms with E-state index < -0.39 is 0 Å². The molecule has 2 fully saturated rings. The van der Waals surface area contributed by atoms with E-state index in [2.05, 4.69) is 28.2 Å². The molecule has 1 saturated carbocycles. The number of carbonyl (C=O) groups is 1. The average molecular weight is 341 g/mol. The highest BCUT2D eigenvalue weighted by Gasteiger charge is 2.26. The highest BCUT2D eigenvalue weighted by molar-refractivity contribution is 5.86. The van der Waals surface area contributed by atoms with E-state index in [1.807, 2.05) is 24.1 Å². The van der Waals surface area contributed by atoms with Crippen LogP contribution in [0, 0.1) is 0 Å². The van der Waals surface area contributed by atoms with Gasteiger partial charge in [0, 0.05) is 50.6 Å². The summed E-state index contributed by atoms with van der Waals surface area (Å²) in [5, 5.41) is 4.34. The predicted octanol–water partition coefficient (Wildman–Crippen LogP) is 3.67. The van der Waals surface area contributed by atoms with Crippen LogP contribution in [0.5, 0.6) is 5.75 Å². The fourth-order valence-electron chi connectivity index (χ4n) is 4.07. The summed E-state index contributed by atoms with van der Waals surface area (Å²) < 4.78 is 8.38. The first-order valence-electron chi connectivity index (χ1n) is 9.47. The second kappa shape index (κ2) is 6.98. The Labute approximate surface area is 148 Å². The summed E-state index contributed by atoms with van der Waals surface area (Å²) in [7, 11) is 2.05. The van der Waals surface area contributed by atoms with Crippen LogP contribution in [0.2, 0.25) is 0 Å². The van der Waals surface area contributed by atoms with Crippen LogP contribution in [0.3, 0.4) is 0 Å². The third-order valence-corrected chi connectivity index (χ3v) is 5.59. The number of amides is 2. The molecule has 5 heteroatoms. The number of benzene rings is 1. The van der Waals surface area contributed by atoms with E-state index in [9.17, 15) is 4.79 Å². The zero-order valence-electron chi connectivity index (χ0n) is 14.9. The maximum atomic E-state index is 12.4. The van der Waals surface area contributed by atoms with Gasteiger partial charge in [-0.05, 0) is 31.0 Å². The number of hydrogen-bond donors (Lipinski definition) is 1. The van der Waals surface area contributed by atoms with Crippen LogP contribution in [-0.4, -0.2) is 40.7 Å². The molecule has 4 rings (SSSR count). The van der Waals surface area contributed by atoms with Crippen molar-refractivity contribution in [2.24, 2.45) is 7.05 Å². The third-order valence-electron chi connectivity index (χ3n) is 5.59. The molecule has 0 atom stereocenters. The quantitative estimate of drug-likeness (QED) is 0.926. The van der Waals surface area contributed by atoms with Gasteiger partial charge in [-0.3, -0.25) is 0 Å². The number of rotatable bonds is 3. The Morgan fingerprint density at radius 2 is 1.88 bits per heavy atom. The van der Waals surface area contributed by atoms with E-state index >= 15 is 0 Å². The first-order chi connectivity index (χ1) is 12.2. The van der Waals surface area contributed by atoms with E-state index in [0.29, 0.717) is 6.04 Å². The Hall–Kier alpha value is -2.17. The van der Waals surface area contributed by atoms with Crippen molar-refractivity contribution in [2.45, 2.75) is 50.7 Å². The van der Waals surface area contributed by atoms with Gasteiger partial charge in [0.1, 0.15) is 11.9 Å². The first kappa shape index (κ1) is 16.3. The number of aryl methyl sites for hydroxylation is 1. The van der Waals surface area contributed by atoms with Crippen molar-refractivity contribution < 1.29 is 9.53 Å². The van der Waals surface area contributed by atoms with E-state index in [1.165, 1.54) is 18.4 Å². The summed E-state index contributed by atoms with van der Waals surface area (Å²) in [6.07, 6.45) is 8.77. The molecular weight excluding hydrogens is 314 g/mol. The zero-order valence-corrected chi connectivity index (χ0v) is 14.9. The average Bonchev–Trinajstić information content (AvgIpc) is 3.26. The number of piperidine rings is 1. The van der Waals surface area contributed by atoms with Crippen molar-refractivity contribution in [1.29, 1.82) is 0 Å². The molecule has 5 nitrogen and oxygen atoms in total. The minimum absolute atomic E-state index is 0.107. The molecule has 0 radical (unpaired) electrons. The molecule has 2 heterocycles. The van der Waals surface area contributed by atoms with Gasteiger partial charge >= 0.3 is 6.03 Å². The molecule has 0 bridgehead atoms. The van der Waals surface area contributed by atoms with Gasteiger partial charge in [-0.15, -0.1) is 0 Å². The molecule has 2 aromatic rings. The number of nitrogens with one attached hydrogen (secondary N) is 1. The molecule has 0 spiro atoms. The number of fused-ring (bicyclic) bond motifs is 1. The van der Waals surface area contributed by atoms with E-state index in [1.54, 1.807) is 0 Å². The van der Waals surface area contributed by atoms with E-state index in [0.717, 1.165) is 49.9 Å². The first-order valence-corrected chi connectivity index (χ1v) is 9.47. The predicted molar refractivity (Wildman–Crippen MR) is 98.9 cm³/mol. The van der Waals surface area contributed by atoms with Crippen molar-refractivity contribution in [1.82, 2.24) is 14.8 Å². The molecule has 1 aromatic heterocycles. The summed E-state index contributed by atoms with van der Waals surface area (Å²) in [6, 6.07) is 8.80. The Morgan fingerprint density at radius 1 is 1.12 bits per heavy atom. The van der Waals surface area contributed by atoms with Crippen LogP contribution in [0.25, 0.3) is 10.9 Å². The molecule has 1 aliphatic heterocycles. The second-order valence-corrected chi connectivity index (χ2v) is 7.35. The number of ether oxygens (including phenoxy) is 1. The number of nitrogens with zero attached hydrogens (tertiary/aromatic N) is 2. The monoisotopic (exact) mass is 341 g/mol. The summed E-state index contributed by atoms with van der Waals surface area (Å²) in [6.45, 7) is 1.54. The van der Waals surface area contributed by atoms with Gasteiger partial charge in [0.2, 0.25) is 0 Å². The topological polar surface area (TPSA) is 46.5 Å². The summed E-state index contributed by atoms with van der Waals surface area (Å²) in [5.74, 6) is 0.951. The van der Waals surface area contributed by atoms with Gasteiger partial charge in [0.25, 0.3) is 0 Å². The van der Waals surface area contributed by atoms with Gasteiger partial charge < -0.3 is 19.5 Å². The Bertz CT molecular complexity index is 740. The van der Waals surface area contributed by atoms with Gasteiger partial charge in [0.15, 0.2) is 0 Å². The molecule has 1 N–H and O–H groups in total. The number of aromatic nitrogens is 1. The van der Waals surface area contributed by atoms with Crippen LogP contribution in [0.15, 0.2) is 30.5 Å². The second-order valence-electron chi connectivity index (χ2n) is 7.35. The van der Waals surface area contributed by atoms with Crippen LogP contribution in [0.4, 0.5) is 4.79 Å². The van der Waals surface area contributed by atoms with E-state index in [4.69, 9.17) is 4.74 Å². The maximum Gasteiger partial charge on any atom is 0.317 e. The molecule has 1 saturated heterocycles. The molecule has 25 heavy (non-hydrogen) atoms. The van der Waals surface area contributed by atoms with Crippen molar-refractivity contribution >= 4 is 16.9 Å². The molecule has 0 unspecified atom stereocenters. The summed E-state index contributed by atoms with van der Waals surface area (Å²) in [4.78, 5) is 14.3. The lowest BCUT2D eigenvalue weighted by Crippen LogP contribution is -2.48. The Morgan fingerprint density at radius 3 is 2.64 bits per heavy atom. The SMILES string of the molecule is Cn1ccc2c(OC3CCN(C(=O)NC4CCCC4)CC3)cccc21. The maximum absolute atomic E-state index is 12.4. The zero-order chi connectivity index (χ0) is 17.2. The fourth-order valence-corrected chi connectivity index (χ4v) is 4.07. The minimum atomic E-state index is 0.107. The van der Waals surface area contributed by atoms with Crippen molar-refractivity contribution in [2.75, 3.05) is 13.1 Å². The highest BCUT2D eigenvalue weighted by Crippen LogP contribution is 2.28. The van der Waals surface area contributed by atoms with Crippen LogP contribution in [0.1, 0.15) is 38.5 Å². The van der Waals surface area contributed by atoms with Crippen molar-refractivity contribution in [3.63, 3.8) is 0 Å². The summed E-state index contributed by atoms with van der Waals surface area (Å²) in [5.41, 5.74) is 1.19. The number of urea groups is 1. The standard InChI is InChI=1S/C20H27N3O2/c1-22-12-11-17-18(22)7-4-8-19(17)25-16-9-13-23(14-10-16)20(24)21-15-5-2-3-6-15/h4,7-8,11-12,15-16H,2-3,5-6,9-10,13-14H2,1H3,(H,21,24). The van der Waals surface area contributed by atoms with Crippen LogP contribution in [-0.2, 0) is 7.05 Å². The Balaban J connectivity index is 1.33. The molecule has 134 valence electrons. The van der Waals surface area contributed by atoms with Gasteiger partial charge in [-0.1, -0.05) is 18.9 Å². The number of carbonyl (C=O) groups excluding carboxylic acids is 1. The molecule has 1 aromatic carbocycles. The molecule has 2 amide bonds. The van der Waals surface area contributed by atoms with Gasteiger partial charge in [0.05, 0.1) is 5.52 Å². The van der Waals surface area contributed by atoms with Crippen LogP contribution < -0.4 is 10.1 Å². The van der Waals surface area contributed by atoms with Gasteiger partial charge in [-0.2, -0.15) is 0 Å². The smallest absolute Gasteiger partial charge is 0.317 e. The lowest BCUT2D eigenvalue weighted by Gasteiger charge is -2.33. The van der Waals surface area contributed by atoms with Crippen LogP contribution >= 0.6 is 0 Å². The fraction of sp³-hybridized carbons (Fsp3) is 0.550. The largest absolute Gasteiger partial charge is 0.490 e. The van der Waals surface area contributed by atoms with Crippen molar-refractivity contribution in [3.05, 3.63) is 30.5 Å². The molecule has 1 aliphatic carbocycles. The lowest BCUT2D eigenvalue weighted by molar-refractivity contribution is 0.111. The lowest BCUT2D eigenvalue weighted by atomic mass is 10.1. The molecular formula is C20H27N3O2. The third kappa shape index (κ3) is 3.46. The summed E-state index contributed by atoms with van der Waals surface area (Å²) >= 11 is 0. The number of likely N-dealkylation sites (tertiary alicyclic amines) is 1. The molecule has 2 aliphatic rings. The normalized spacial score (nSPS) is 19.5. The van der Waals surface area contributed by atoms with Gasteiger partial charge in [-0.25, -0.2) is 4.79 Å². The van der Waals surface area contributed by atoms with Crippen molar-refractivity contribution in [3.8, 4) is 5.75 Å². The minimum Gasteiger partial charge on any atom is -0.490 e. The highest BCUT2D eigenvalue weighted by atomic mass is 16.5. The Kier molecular flexibility index (Phi) is 4.55. The van der Waals surface area contributed by atoms with E-state index in [-0.39, 0.29) is 12.1 Å².